The zero-order valence-electron chi connectivity index (χ0n) is 23.1. The van der Waals surface area contributed by atoms with Crippen molar-refractivity contribution in [1.29, 1.82) is 0 Å². The van der Waals surface area contributed by atoms with E-state index in [0.717, 1.165) is 10.3 Å². The topological polar surface area (TPSA) is 182 Å². The fourth-order valence-corrected chi connectivity index (χ4v) is 4.77. The number of fused-ring (bicyclic) bond motifs is 2. The van der Waals surface area contributed by atoms with Crippen molar-refractivity contribution in [2.24, 2.45) is 0 Å². The average Bonchev–Trinajstić information content (AvgIpc) is 3.09. The van der Waals surface area contributed by atoms with Gasteiger partial charge >= 0.3 is 5.97 Å². The standard InChI is InChI=1S/C30H29N5O8/c1-18(37)31-14-27(39)34-15-23(33-29(42)22-10-6-8-19-7-2-3-9-21(19)22)30(43)35(25-12-5-4-11-24(25)34)16-26(38)32-20(17-36)13-28(40)41/h2-12,17,20,23H,13-16H2,1H3,(H,31,37)(H,32,38)(H,33,42)(H,40,41)/t20-,23-/m0/s1. The fourth-order valence-electron chi connectivity index (χ4n) is 4.77. The van der Waals surface area contributed by atoms with Crippen molar-refractivity contribution in [2.45, 2.75) is 25.4 Å². The SMILES string of the molecule is CC(=O)NCC(=O)N1C[C@H](NC(=O)c2cccc3ccccc23)C(=O)N(CC(=O)N[C@H](C=O)CC(=O)O)c2ccccc21. The van der Waals surface area contributed by atoms with Crippen LogP contribution >= 0.6 is 0 Å². The number of rotatable bonds is 10. The summed E-state index contributed by atoms with van der Waals surface area (Å²) >= 11 is 0. The van der Waals surface area contributed by atoms with Gasteiger partial charge in [-0.05, 0) is 29.0 Å². The summed E-state index contributed by atoms with van der Waals surface area (Å²) in [5, 5.41) is 17.9. The molecule has 4 rings (SSSR count). The van der Waals surface area contributed by atoms with Gasteiger partial charge in [0.2, 0.25) is 17.7 Å². The molecule has 0 bridgehead atoms. The van der Waals surface area contributed by atoms with E-state index in [-0.39, 0.29) is 29.8 Å². The summed E-state index contributed by atoms with van der Waals surface area (Å²) in [6.07, 6.45) is -0.380. The van der Waals surface area contributed by atoms with Crippen LogP contribution in [0.5, 0.6) is 0 Å². The number of carbonyl (C=O) groups is 7. The smallest absolute Gasteiger partial charge is 0.305 e. The normalized spacial score (nSPS) is 15.1. The minimum absolute atomic E-state index is 0.154. The minimum Gasteiger partial charge on any atom is -0.481 e. The molecule has 0 saturated heterocycles. The number of amides is 5. The van der Waals surface area contributed by atoms with E-state index in [1.54, 1.807) is 42.5 Å². The summed E-state index contributed by atoms with van der Waals surface area (Å²) < 4.78 is 0. The van der Waals surface area contributed by atoms with Crippen LogP contribution in [0.1, 0.15) is 23.7 Å². The maximum atomic E-state index is 14.0. The molecule has 43 heavy (non-hydrogen) atoms. The molecule has 4 N–H and O–H groups in total. The zero-order chi connectivity index (χ0) is 31.1. The van der Waals surface area contributed by atoms with Crippen molar-refractivity contribution < 1.29 is 38.7 Å². The van der Waals surface area contributed by atoms with Crippen molar-refractivity contribution in [1.82, 2.24) is 16.0 Å². The van der Waals surface area contributed by atoms with E-state index in [9.17, 15) is 33.6 Å². The van der Waals surface area contributed by atoms with E-state index in [4.69, 9.17) is 5.11 Å². The van der Waals surface area contributed by atoms with Crippen LogP contribution in [-0.2, 0) is 28.8 Å². The molecule has 0 radical (unpaired) electrons. The number of anilines is 2. The largest absolute Gasteiger partial charge is 0.481 e. The van der Waals surface area contributed by atoms with Crippen molar-refractivity contribution in [2.75, 3.05) is 29.4 Å². The van der Waals surface area contributed by atoms with Crippen molar-refractivity contribution in [3.63, 3.8) is 0 Å². The van der Waals surface area contributed by atoms with Crippen LogP contribution in [0.3, 0.4) is 0 Å². The molecule has 0 aliphatic carbocycles. The second-order valence-corrected chi connectivity index (χ2v) is 9.79. The molecular weight excluding hydrogens is 558 g/mol. The summed E-state index contributed by atoms with van der Waals surface area (Å²) in [6, 6.07) is 15.9. The Labute approximate surface area is 245 Å². The number of nitrogens with one attached hydrogen (secondary N) is 3. The van der Waals surface area contributed by atoms with Gasteiger partial charge in [-0.3, -0.25) is 33.7 Å². The molecule has 0 spiro atoms. The first kappa shape index (κ1) is 30.4. The van der Waals surface area contributed by atoms with Crippen LogP contribution in [0.25, 0.3) is 10.8 Å². The van der Waals surface area contributed by atoms with Gasteiger partial charge in [-0.25, -0.2) is 0 Å². The molecule has 0 unspecified atom stereocenters. The van der Waals surface area contributed by atoms with Crippen LogP contribution in [0.15, 0.2) is 66.7 Å². The lowest BCUT2D eigenvalue weighted by atomic mass is 10.0. The van der Waals surface area contributed by atoms with E-state index in [1.165, 1.54) is 17.9 Å². The molecule has 13 nitrogen and oxygen atoms in total. The molecule has 3 aromatic rings. The van der Waals surface area contributed by atoms with Gasteiger partial charge in [0.15, 0.2) is 0 Å². The quantitative estimate of drug-likeness (QED) is 0.249. The Morgan fingerprint density at radius 3 is 2.35 bits per heavy atom. The Kier molecular flexibility index (Phi) is 9.45. The molecule has 0 saturated carbocycles. The number of benzene rings is 3. The molecule has 0 fully saturated rings. The highest BCUT2D eigenvalue weighted by Crippen LogP contribution is 2.33. The number of carbonyl (C=O) groups excluding carboxylic acids is 6. The van der Waals surface area contributed by atoms with Gasteiger partial charge in [0, 0.05) is 12.5 Å². The number of hydrogen-bond acceptors (Lipinski definition) is 7. The number of para-hydroxylation sites is 2. The third-order valence-corrected chi connectivity index (χ3v) is 6.73. The Bertz CT molecular complexity index is 1600. The summed E-state index contributed by atoms with van der Waals surface area (Å²) in [4.78, 5) is 90.0. The number of aldehydes is 1. The Hall–Kier alpha value is -5.59. The molecule has 2 atom stereocenters. The summed E-state index contributed by atoms with van der Waals surface area (Å²) in [7, 11) is 0. The van der Waals surface area contributed by atoms with Crippen LogP contribution in [-0.4, -0.2) is 78.6 Å². The molecule has 13 heteroatoms. The number of carboxylic acids is 1. The van der Waals surface area contributed by atoms with Gasteiger partial charge in [0.1, 0.15) is 18.9 Å². The van der Waals surface area contributed by atoms with E-state index in [1.807, 2.05) is 18.2 Å². The third kappa shape index (κ3) is 7.19. The first-order chi connectivity index (χ1) is 20.6. The molecule has 5 amide bonds. The molecule has 222 valence electrons. The van der Waals surface area contributed by atoms with Crippen LogP contribution < -0.4 is 25.8 Å². The fraction of sp³-hybridized carbons (Fsp3) is 0.233. The van der Waals surface area contributed by atoms with Crippen LogP contribution in [0.2, 0.25) is 0 Å². The molecule has 1 aliphatic rings. The van der Waals surface area contributed by atoms with E-state index >= 15 is 0 Å². The Morgan fingerprint density at radius 1 is 0.977 bits per heavy atom. The predicted octanol–water partition coefficient (Wildman–Crippen LogP) is 0.613. The van der Waals surface area contributed by atoms with Gasteiger partial charge in [-0.15, -0.1) is 0 Å². The summed E-state index contributed by atoms with van der Waals surface area (Å²) in [5.74, 6) is -4.49. The average molecular weight is 588 g/mol. The second-order valence-electron chi connectivity index (χ2n) is 9.79. The molecule has 0 aromatic heterocycles. The molecule has 1 heterocycles. The molecule has 1 aliphatic heterocycles. The maximum Gasteiger partial charge on any atom is 0.305 e. The van der Waals surface area contributed by atoms with E-state index in [0.29, 0.717) is 5.39 Å². The first-order valence-electron chi connectivity index (χ1n) is 13.3. The first-order valence-corrected chi connectivity index (χ1v) is 13.3. The lowest BCUT2D eigenvalue weighted by molar-refractivity contribution is -0.139. The van der Waals surface area contributed by atoms with Gasteiger partial charge in [-0.2, -0.15) is 0 Å². The lowest BCUT2D eigenvalue weighted by Crippen LogP contribution is -2.55. The molecule has 3 aromatic carbocycles. The highest BCUT2D eigenvalue weighted by Gasteiger charge is 2.38. The lowest BCUT2D eigenvalue weighted by Gasteiger charge is -2.25. The zero-order valence-corrected chi connectivity index (χ0v) is 23.1. The van der Waals surface area contributed by atoms with E-state index < -0.39 is 67.1 Å². The minimum atomic E-state index is -1.34. The monoisotopic (exact) mass is 587 g/mol. The number of carboxylic acid groups (broad SMARTS) is 1. The van der Waals surface area contributed by atoms with E-state index in [2.05, 4.69) is 16.0 Å². The Morgan fingerprint density at radius 2 is 1.65 bits per heavy atom. The van der Waals surface area contributed by atoms with Gasteiger partial charge in [0.05, 0.1) is 36.9 Å². The van der Waals surface area contributed by atoms with Gasteiger partial charge in [-0.1, -0.05) is 48.5 Å². The highest BCUT2D eigenvalue weighted by molar-refractivity contribution is 6.13. The summed E-state index contributed by atoms with van der Waals surface area (Å²) in [5.41, 5.74) is 0.676. The predicted molar refractivity (Wildman–Crippen MR) is 155 cm³/mol. The van der Waals surface area contributed by atoms with Crippen molar-refractivity contribution in [3.05, 3.63) is 72.3 Å². The van der Waals surface area contributed by atoms with Crippen LogP contribution in [0.4, 0.5) is 11.4 Å². The second kappa shape index (κ2) is 13.4. The van der Waals surface area contributed by atoms with Crippen molar-refractivity contribution >= 4 is 63.9 Å². The third-order valence-electron chi connectivity index (χ3n) is 6.73. The Balaban J connectivity index is 1.71. The number of nitrogens with zero attached hydrogens (tertiary/aromatic N) is 2. The van der Waals surface area contributed by atoms with Crippen molar-refractivity contribution in [3.8, 4) is 0 Å². The van der Waals surface area contributed by atoms with Crippen LogP contribution in [0, 0.1) is 0 Å². The number of hydrogen-bond donors (Lipinski definition) is 4. The maximum absolute atomic E-state index is 14.0. The van der Waals surface area contributed by atoms with Gasteiger partial charge < -0.3 is 30.8 Å². The summed E-state index contributed by atoms with van der Waals surface area (Å²) in [6.45, 7) is -0.108. The van der Waals surface area contributed by atoms with Gasteiger partial charge in [0.25, 0.3) is 11.8 Å². The number of aliphatic carboxylic acids is 1. The molecular formula is C30H29N5O8. The highest BCUT2D eigenvalue weighted by atomic mass is 16.4.